The van der Waals surface area contributed by atoms with Crippen molar-refractivity contribution in [2.75, 3.05) is 19.5 Å². The van der Waals surface area contributed by atoms with Crippen molar-refractivity contribution in [2.45, 2.75) is 31.3 Å². The lowest BCUT2D eigenvalue weighted by molar-refractivity contribution is -0.119. The average molecular weight is 475 g/mol. The Morgan fingerprint density at radius 1 is 1.31 bits per heavy atom. The zero-order valence-corrected chi connectivity index (χ0v) is 19.3. The molecule has 1 aliphatic heterocycles. The van der Waals surface area contributed by atoms with E-state index in [2.05, 4.69) is 15.5 Å². The number of amides is 1. The summed E-state index contributed by atoms with van der Waals surface area (Å²) in [5, 5.41) is 12.7. The number of benzene rings is 2. The van der Waals surface area contributed by atoms with Crippen LogP contribution in [0.3, 0.4) is 0 Å². The second kappa shape index (κ2) is 10.1. The summed E-state index contributed by atoms with van der Waals surface area (Å²) in [6.07, 6.45) is 0. The van der Waals surface area contributed by atoms with Crippen LogP contribution < -0.4 is 19.5 Å². The van der Waals surface area contributed by atoms with Crippen LogP contribution in [-0.2, 0) is 17.9 Å². The zero-order chi connectivity index (χ0) is 22.5. The van der Waals surface area contributed by atoms with Gasteiger partial charge in [-0.2, -0.15) is 0 Å². The lowest BCUT2D eigenvalue weighted by Gasteiger charge is -2.12. The summed E-state index contributed by atoms with van der Waals surface area (Å²) in [7, 11) is 1.61. The van der Waals surface area contributed by atoms with E-state index in [1.54, 1.807) is 19.2 Å². The molecule has 0 saturated carbocycles. The molecule has 168 valence electrons. The summed E-state index contributed by atoms with van der Waals surface area (Å²) >= 11 is 7.47. The molecule has 2 heterocycles. The molecule has 1 atom stereocenters. The number of nitrogens with zero attached hydrogens (tertiary/aromatic N) is 3. The fourth-order valence-corrected chi connectivity index (χ4v) is 4.38. The number of hydrogen-bond donors (Lipinski definition) is 1. The van der Waals surface area contributed by atoms with Crippen molar-refractivity contribution < 1.29 is 19.0 Å². The molecule has 1 aliphatic rings. The lowest BCUT2D eigenvalue weighted by Crippen LogP contribution is -2.30. The van der Waals surface area contributed by atoms with Gasteiger partial charge in [-0.3, -0.25) is 4.79 Å². The molecule has 0 unspecified atom stereocenters. The Morgan fingerprint density at radius 2 is 2.16 bits per heavy atom. The number of ether oxygens (including phenoxy) is 3. The van der Waals surface area contributed by atoms with Crippen molar-refractivity contribution in [3.63, 3.8) is 0 Å². The highest BCUT2D eigenvalue weighted by molar-refractivity contribution is 7.99. The minimum atomic E-state index is -0.211. The molecule has 4 rings (SSSR count). The van der Waals surface area contributed by atoms with Crippen LogP contribution in [0.1, 0.15) is 24.4 Å². The molecule has 1 amide bonds. The molecular weight excluding hydrogens is 452 g/mol. The van der Waals surface area contributed by atoms with Crippen LogP contribution >= 0.6 is 23.4 Å². The number of thioether (sulfide) groups is 1. The first-order chi connectivity index (χ1) is 15.6. The maximum Gasteiger partial charge on any atom is 0.231 e. The van der Waals surface area contributed by atoms with Crippen molar-refractivity contribution in [2.24, 2.45) is 0 Å². The minimum absolute atomic E-state index is 0.112. The monoisotopic (exact) mass is 474 g/mol. The average Bonchev–Trinajstić information content (AvgIpc) is 3.40. The molecule has 0 bridgehead atoms. The second-order valence-corrected chi connectivity index (χ2v) is 8.34. The third kappa shape index (κ3) is 4.94. The van der Waals surface area contributed by atoms with Gasteiger partial charge in [0.1, 0.15) is 30.5 Å². The summed E-state index contributed by atoms with van der Waals surface area (Å²) in [6, 6.07) is 12.6. The minimum Gasteiger partial charge on any atom is -0.497 e. The first kappa shape index (κ1) is 22.3. The Kier molecular flexibility index (Phi) is 7.06. The Hall–Kier alpha value is -2.91. The number of carbonyl (C=O) groups is 1. The number of para-hydroxylation sites is 1. The van der Waals surface area contributed by atoms with Gasteiger partial charge in [0.25, 0.3) is 0 Å². The van der Waals surface area contributed by atoms with E-state index in [4.69, 9.17) is 25.8 Å². The maximum absolute atomic E-state index is 12.6. The van der Waals surface area contributed by atoms with E-state index in [9.17, 15) is 4.79 Å². The van der Waals surface area contributed by atoms with Gasteiger partial charge in [-0.25, -0.2) is 0 Å². The third-order valence-corrected chi connectivity index (χ3v) is 6.25. The third-order valence-electron chi connectivity index (χ3n) is 4.97. The first-order valence-corrected chi connectivity index (χ1v) is 11.5. The van der Waals surface area contributed by atoms with Crippen molar-refractivity contribution in [1.29, 1.82) is 0 Å². The van der Waals surface area contributed by atoms with Crippen LogP contribution in [0.4, 0.5) is 0 Å². The van der Waals surface area contributed by atoms with Gasteiger partial charge in [0.15, 0.2) is 11.0 Å². The van der Waals surface area contributed by atoms with Gasteiger partial charge >= 0.3 is 0 Å². The Morgan fingerprint density at radius 3 is 2.94 bits per heavy atom. The van der Waals surface area contributed by atoms with Crippen LogP contribution in [0.5, 0.6) is 17.2 Å². The highest BCUT2D eigenvalue weighted by atomic mass is 35.5. The highest BCUT2D eigenvalue weighted by Gasteiger charge is 2.26. The molecule has 1 aromatic heterocycles. The predicted octanol–water partition coefficient (Wildman–Crippen LogP) is 3.88. The number of methoxy groups -OCH3 is 1. The van der Waals surface area contributed by atoms with Crippen LogP contribution in [0.25, 0.3) is 0 Å². The normalized spacial score (nSPS) is 14.5. The van der Waals surface area contributed by atoms with Crippen molar-refractivity contribution in [3.05, 3.63) is 58.9 Å². The van der Waals surface area contributed by atoms with Crippen molar-refractivity contribution in [1.82, 2.24) is 20.1 Å². The number of fused-ring (bicyclic) bond motifs is 1. The first-order valence-electron chi connectivity index (χ1n) is 10.1. The molecule has 32 heavy (non-hydrogen) atoms. The fourth-order valence-electron chi connectivity index (χ4n) is 3.36. The number of rotatable bonds is 9. The number of hydrogen-bond acceptors (Lipinski definition) is 7. The lowest BCUT2D eigenvalue weighted by atomic mass is 10.1. The molecule has 1 N–H and O–H groups in total. The van der Waals surface area contributed by atoms with Crippen LogP contribution in [0.2, 0.25) is 5.02 Å². The van der Waals surface area contributed by atoms with E-state index in [-0.39, 0.29) is 24.3 Å². The quantitative estimate of drug-likeness (QED) is 0.471. The van der Waals surface area contributed by atoms with E-state index in [1.807, 2.05) is 41.8 Å². The van der Waals surface area contributed by atoms with Gasteiger partial charge in [-0.1, -0.05) is 35.5 Å². The molecular formula is C22H23ClN4O4S. The van der Waals surface area contributed by atoms with E-state index in [1.165, 1.54) is 11.8 Å². The Bertz CT molecular complexity index is 1110. The zero-order valence-electron chi connectivity index (χ0n) is 17.7. The van der Waals surface area contributed by atoms with Crippen molar-refractivity contribution in [3.8, 4) is 17.2 Å². The SMILES string of the molecule is CCn1c(COc2ccccc2Cl)nnc1SCC(=O)N[C@H]1COc2ccc(OC)cc21. The Labute approximate surface area is 195 Å². The molecule has 3 aromatic rings. The maximum atomic E-state index is 12.6. The Balaban J connectivity index is 1.34. The molecule has 0 saturated heterocycles. The largest absolute Gasteiger partial charge is 0.497 e. The van der Waals surface area contributed by atoms with Gasteiger partial charge in [-0.15, -0.1) is 10.2 Å². The summed E-state index contributed by atoms with van der Waals surface area (Å²) in [4.78, 5) is 12.6. The number of halogens is 1. The molecule has 0 spiro atoms. The van der Waals surface area contributed by atoms with Crippen LogP contribution in [-0.4, -0.2) is 40.1 Å². The standard InChI is InChI=1S/C22H23ClN4O4S/c1-3-27-20(12-31-19-7-5-4-6-16(19)23)25-26-22(27)32-13-21(28)24-17-11-30-18-9-8-14(29-2)10-15(17)18/h4-10,17H,3,11-13H2,1-2H3,(H,24,28)/t17-/m0/s1. The predicted molar refractivity (Wildman–Crippen MR) is 122 cm³/mol. The molecule has 2 aromatic carbocycles. The second-order valence-electron chi connectivity index (χ2n) is 6.99. The van der Waals surface area contributed by atoms with Gasteiger partial charge < -0.3 is 24.1 Å². The van der Waals surface area contributed by atoms with E-state index in [0.29, 0.717) is 34.9 Å². The van der Waals surface area contributed by atoms with E-state index >= 15 is 0 Å². The molecule has 0 radical (unpaired) electrons. The summed E-state index contributed by atoms with van der Waals surface area (Å²) < 4.78 is 18.6. The van der Waals surface area contributed by atoms with Crippen LogP contribution in [0.15, 0.2) is 47.6 Å². The summed E-state index contributed by atoms with van der Waals surface area (Å²) in [5.74, 6) is 2.84. The fraction of sp³-hybridized carbons (Fsp3) is 0.318. The smallest absolute Gasteiger partial charge is 0.231 e. The molecule has 0 fully saturated rings. The van der Waals surface area contributed by atoms with Crippen molar-refractivity contribution >= 4 is 29.3 Å². The topological polar surface area (TPSA) is 87.5 Å². The number of aromatic nitrogens is 3. The van der Waals surface area contributed by atoms with Gasteiger partial charge in [0.05, 0.1) is 23.9 Å². The number of carbonyl (C=O) groups excluding carboxylic acids is 1. The van der Waals surface area contributed by atoms with Gasteiger partial charge in [0.2, 0.25) is 5.91 Å². The summed E-state index contributed by atoms with van der Waals surface area (Å²) in [5.41, 5.74) is 0.915. The molecule has 8 nitrogen and oxygen atoms in total. The molecule has 0 aliphatic carbocycles. The van der Waals surface area contributed by atoms with Gasteiger partial charge in [-0.05, 0) is 37.3 Å². The molecule has 10 heteroatoms. The van der Waals surface area contributed by atoms with Gasteiger partial charge in [0, 0.05) is 12.1 Å². The summed E-state index contributed by atoms with van der Waals surface area (Å²) in [6.45, 7) is 3.28. The highest BCUT2D eigenvalue weighted by Crippen LogP contribution is 2.35. The van der Waals surface area contributed by atoms with Crippen LogP contribution in [0, 0.1) is 0 Å². The number of nitrogens with one attached hydrogen (secondary N) is 1. The van der Waals surface area contributed by atoms with E-state index < -0.39 is 0 Å². The van der Waals surface area contributed by atoms with E-state index in [0.717, 1.165) is 17.1 Å².